The van der Waals surface area contributed by atoms with Crippen LogP contribution in [0.15, 0.2) is 84.0 Å². The van der Waals surface area contributed by atoms with Crippen LogP contribution in [0.5, 0.6) is 0 Å². The third kappa shape index (κ3) is 5.08. The Morgan fingerprint density at radius 3 is 2.49 bits per heavy atom. The lowest BCUT2D eigenvalue weighted by Gasteiger charge is -2.11. The molecule has 3 aromatic carbocycles. The number of hydrogen-bond acceptors (Lipinski definition) is 6. The Kier molecular flexibility index (Phi) is 6.82. The first-order chi connectivity index (χ1) is 17.1. The second kappa shape index (κ2) is 10.3. The van der Waals surface area contributed by atoms with E-state index in [-0.39, 0.29) is 0 Å². The van der Waals surface area contributed by atoms with Crippen LogP contribution in [0, 0.1) is 11.3 Å². The van der Waals surface area contributed by atoms with Gasteiger partial charge in [0, 0.05) is 10.8 Å². The molecule has 0 unspecified atom stereocenters. The third-order valence-electron chi connectivity index (χ3n) is 5.27. The van der Waals surface area contributed by atoms with Gasteiger partial charge in [0.1, 0.15) is 5.03 Å². The van der Waals surface area contributed by atoms with E-state index in [4.69, 9.17) is 28.5 Å². The van der Waals surface area contributed by atoms with Crippen molar-refractivity contribution in [3.05, 3.63) is 106 Å². The van der Waals surface area contributed by atoms with Gasteiger partial charge in [0.05, 0.1) is 40.6 Å². The van der Waals surface area contributed by atoms with Crippen molar-refractivity contribution in [1.29, 1.82) is 5.26 Å². The second-order valence-electron chi connectivity index (χ2n) is 7.61. The fourth-order valence-electron chi connectivity index (χ4n) is 3.54. The molecule has 0 radical (unpaired) electrons. The average molecular weight is 518 g/mol. The topological polar surface area (TPSA) is 85.2 Å². The predicted molar refractivity (Wildman–Crippen MR) is 137 cm³/mol. The minimum atomic E-state index is 0.448. The van der Waals surface area contributed by atoms with Crippen molar-refractivity contribution in [3.8, 4) is 23.1 Å². The molecule has 0 saturated heterocycles. The highest BCUT2D eigenvalue weighted by Crippen LogP contribution is 2.36. The maximum atomic E-state index is 9.06. The molecule has 5 rings (SSSR count). The summed E-state index contributed by atoms with van der Waals surface area (Å²) in [5.41, 5.74) is 4.26. The SMILES string of the molecule is N#Cc1ccc(Cn2nnnc2-c2cnn(-c3ccc(Cl)cc3Cl)c2SCc2ccccc2)cc1. The minimum absolute atomic E-state index is 0.448. The Morgan fingerprint density at radius 1 is 0.943 bits per heavy atom. The van der Waals surface area contributed by atoms with Crippen LogP contribution in [0.3, 0.4) is 0 Å². The van der Waals surface area contributed by atoms with Gasteiger partial charge in [-0.05, 0) is 51.9 Å². The second-order valence-corrected chi connectivity index (χ2v) is 9.42. The van der Waals surface area contributed by atoms with Crippen LogP contribution in [0.25, 0.3) is 17.1 Å². The van der Waals surface area contributed by atoms with Gasteiger partial charge in [-0.1, -0.05) is 65.7 Å². The van der Waals surface area contributed by atoms with Crippen LogP contribution in [0.1, 0.15) is 16.7 Å². The summed E-state index contributed by atoms with van der Waals surface area (Å²) >= 11 is 14.3. The van der Waals surface area contributed by atoms with E-state index in [1.807, 2.05) is 36.4 Å². The molecule has 0 fully saturated rings. The molecule has 172 valence electrons. The molecule has 0 atom stereocenters. The van der Waals surface area contributed by atoms with E-state index in [0.717, 1.165) is 21.9 Å². The molecule has 0 aliphatic carbocycles. The van der Waals surface area contributed by atoms with Gasteiger partial charge in [0.15, 0.2) is 5.82 Å². The van der Waals surface area contributed by atoms with E-state index < -0.39 is 0 Å². The fraction of sp³-hybridized carbons (Fsp3) is 0.0800. The summed E-state index contributed by atoms with van der Waals surface area (Å²) in [5.74, 6) is 1.31. The Bertz CT molecular complexity index is 1510. The van der Waals surface area contributed by atoms with Gasteiger partial charge in [-0.2, -0.15) is 10.4 Å². The number of rotatable bonds is 7. The Balaban J connectivity index is 1.54. The number of aromatic nitrogens is 6. The minimum Gasteiger partial charge on any atom is -0.225 e. The van der Waals surface area contributed by atoms with Crippen molar-refractivity contribution in [2.45, 2.75) is 17.3 Å². The van der Waals surface area contributed by atoms with Gasteiger partial charge in [-0.25, -0.2) is 9.36 Å². The highest BCUT2D eigenvalue weighted by Gasteiger charge is 2.21. The van der Waals surface area contributed by atoms with Crippen molar-refractivity contribution in [2.24, 2.45) is 0 Å². The van der Waals surface area contributed by atoms with Crippen LogP contribution in [0.4, 0.5) is 0 Å². The van der Waals surface area contributed by atoms with E-state index in [9.17, 15) is 0 Å². The molecule has 7 nitrogen and oxygen atoms in total. The molecule has 0 aliphatic rings. The Labute approximate surface area is 215 Å². The molecule has 2 aromatic heterocycles. The first-order valence-corrected chi connectivity index (χ1v) is 12.3. The first-order valence-electron chi connectivity index (χ1n) is 10.6. The van der Waals surface area contributed by atoms with Crippen LogP contribution in [0.2, 0.25) is 10.0 Å². The smallest absolute Gasteiger partial charge is 0.186 e. The molecule has 35 heavy (non-hydrogen) atoms. The summed E-state index contributed by atoms with van der Waals surface area (Å²) in [6.45, 7) is 0.448. The number of benzene rings is 3. The number of hydrogen-bond donors (Lipinski definition) is 0. The van der Waals surface area contributed by atoms with Gasteiger partial charge >= 0.3 is 0 Å². The molecule has 0 spiro atoms. The van der Waals surface area contributed by atoms with Crippen LogP contribution in [-0.2, 0) is 12.3 Å². The monoisotopic (exact) mass is 517 g/mol. The molecule has 0 aliphatic heterocycles. The zero-order valence-electron chi connectivity index (χ0n) is 18.2. The number of halogens is 2. The van der Waals surface area contributed by atoms with Crippen molar-refractivity contribution in [1.82, 2.24) is 30.0 Å². The number of tetrazole rings is 1. The highest BCUT2D eigenvalue weighted by atomic mass is 35.5. The number of nitriles is 1. The summed E-state index contributed by atoms with van der Waals surface area (Å²) in [4.78, 5) is 0. The number of thioether (sulfide) groups is 1. The third-order valence-corrected chi connectivity index (χ3v) is 6.95. The lowest BCUT2D eigenvalue weighted by molar-refractivity contribution is 0.652. The quantitative estimate of drug-likeness (QED) is 0.244. The highest BCUT2D eigenvalue weighted by molar-refractivity contribution is 7.98. The van der Waals surface area contributed by atoms with Gasteiger partial charge < -0.3 is 0 Å². The zero-order valence-corrected chi connectivity index (χ0v) is 20.5. The first kappa shape index (κ1) is 23.1. The van der Waals surface area contributed by atoms with E-state index in [2.05, 4.69) is 38.8 Å². The fourth-order valence-corrected chi connectivity index (χ4v) is 5.09. The largest absolute Gasteiger partial charge is 0.225 e. The molecule has 5 aromatic rings. The standard InChI is InChI=1S/C25H17Cl2N7S/c26-20-10-11-23(22(27)12-20)34-25(35-16-19-4-2-1-3-5-19)21(14-29-34)24-30-31-32-33(24)15-18-8-6-17(13-28)7-9-18/h1-12,14H,15-16H2. The van der Waals surface area contributed by atoms with E-state index in [0.29, 0.717) is 33.7 Å². The lowest BCUT2D eigenvalue weighted by atomic mass is 10.1. The van der Waals surface area contributed by atoms with Gasteiger partial charge in [0.25, 0.3) is 0 Å². The molecule has 10 heteroatoms. The van der Waals surface area contributed by atoms with Crippen molar-refractivity contribution in [2.75, 3.05) is 0 Å². The summed E-state index contributed by atoms with van der Waals surface area (Å²) in [7, 11) is 0. The van der Waals surface area contributed by atoms with Gasteiger partial charge in [0.2, 0.25) is 0 Å². The molecule has 0 amide bonds. The normalized spacial score (nSPS) is 10.9. The molecule has 0 N–H and O–H groups in total. The molecule has 0 saturated carbocycles. The van der Waals surface area contributed by atoms with Crippen LogP contribution < -0.4 is 0 Å². The van der Waals surface area contributed by atoms with Gasteiger partial charge in [-0.3, -0.25) is 0 Å². The summed E-state index contributed by atoms with van der Waals surface area (Å²) in [6, 6.07) is 25.0. The Morgan fingerprint density at radius 2 is 1.74 bits per heavy atom. The summed E-state index contributed by atoms with van der Waals surface area (Å²) in [5, 5.41) is 28.0. The summed E-state index contributed by atoms with van der Waals surface area (Å²) in [6.07, 6.45) is 1.75. The van der Waals surface area contributed by atoms with E-state index >= 15 is 0 Å². The molecular formula is C25H17Cl2N7S. The van der Waals surface area contributed by atoms with E-state index in [1.54, 1.807) is 51.6 Å². The summed E-state index contributed by atoms with van der Waals surface area (Å²) < 4.78 is 3.51. The predicted octanol–water partition coefficient (Wildman–Crippen LogP) is 6.04. The zero-order chi connectivity index (χ0) is 24.2. The van der Waals surface area contributed by atoms with Crippen molar-refractivity contribution >= 4 is 35.0 Å². The maximum Gasteiger partial charge on any atom is 0.186 e. The van der Waals surface area contributed by atoms with E-state index in [1.165, 1.54) is 5.56 Å². The molecule has 0 bridgehead atoms. The van der Waals surface area contributed by atoms with Crippen LogP contribution in [-0.4, -0.2) is 30.0 Å². The molecule has 2 heterocycles. The number of nitrogens with zero attached hydrogens (tertiary/aromatic N) is 7. The van der Waals surface area contributed by atoms with Crippen molar-refractivity contribution < 1.29 is 0 Å². The maximum absolute atomic E-state index is 9.06. The Hall–Kier alpha value is -3.64. The van der Waals surface area contributed by atoms with Crippen molar-refractivity contribution in [3.63, 3.8) is 0 Å². The lowest BCUT2D eigenvalue weighted by Crippen LogP contribution is -2.05. The molecular weight excluding hydrogens is 501 g/mol. The average Bonchev–Trinajstić information content (AvgIpc) is 3.50. The van der Waals surface area contributed by atoms with Crippen LogP contribution >= 0.6 is 35.0 Å². The van der Waals surface area contributed by atoms with Gasteiger partial charge in [-0.15, -0.1) is 16.9 Å².